The Bertz CT molecular complexity index is 841. The van der Waals surface area contributed by atoms with Crippen molar-refractivity contribution in [1.29, 1.82) is 0 Å². The van der Waals surface area contributed by atoms with Crippen LogP contribution in [-0.4, -0.2) is 62.2 Å². The minimum atomic E-state index is -0.411. The summed E-state index contributed by atoms with van der Waals surface area (Å²) in [5.74, 6) is 0.567. The maximum Gasteiger partial charge on any atom is 0.280 e. The van der Waals surface area contributed by atoms with Crippen molar-refractivity contribution in [2.24, 2.45) is 10.9 Å². The second-order valence-electron chi connectivity index (χ2n) is 6.62. The molecule has 1 aliphatic heterocycles. The third-order valence-electron chi connectivity index (χ3n) is 4.64. The molecule has 1 aliphatic carbocycles. The van der Waals surface area contributed by atoms with E-state index in [0.717, 1.165) is 19.3 Å². The molecule has 1 saturated heterocycles. The van der Waals surface area contributed by atoms with Crippen molar-refractivity contribution >= 4 is 23.5 Å². The van der Waals surface area contributed by atoms with Crippen molar-refractivity contribution in [1.82, 2.24) is 24.4 Å². The highest BCUT2D eigenvalue weighted by Gasteiger charge is 2.44. The molecule has 2 aromatic heterocycles. The number of aliphatic hydroxyl groups is 1. The smallest absolute Gasteiger partial charge is 0.280 e. The normalized spacial score (nSPS) is 29.6. The topological polar surface area (TPSA) is 109 Å². The van der Waals surface area contributed by atoms with Gasteiger partial charge in [0.2, 0.25) is 5.95 Å². The highest BCUT2D eigenvalue weighted by Crippen LogP contribution is 2.43. The fraction of sp³-hybridized carbons (Fsp3) is 0.600. The Labute approximate surface area is 138 Å². The van der Waals surface area contributed by atoms with Gasteiger partial charge in [-0.3, -0.25) is 14.3 Å². The van der Waals surface area contributed by atoms with Crippen LogP contribution in [0.4, 0.5) is 5.95 Å². The lowest BCUT2D eigenvalue weighted by Crippen LogP contribution is -2.23. The number of aromatic amines is 1. The van der Waals surface area contributed by atoms with Crippen LogP contribution in [0.25, 0.3) is 11.2 Å². The molecule has 128 valence electrons. The van der Waals surface area contributed by atoms with Gasteiger partial charge in [0, 0.05) is 14.1 Å². The number of aromatic nitrogens is 4. The van der Waals surface area contributed by atoms with Gasteiger partial charge in [0.15, 0.2) is 11.2 Å². The maximum absolute atomic E-state index is 12.2. The summed E-state index contributed by atoms with van der Waals surface area (Å²) in [7, 11) is 3.67. The lowest BCUT2D eigenvalue weighted by molar-refractivity contribution is -0.0525. The molecule has 2 aromatic rings. The Morgan fingerprint density at radius 2 is 2.33 bits per heavy atom. The minimum absolute atomic E-state index is 0.138. The SMILES string of the molecule is CN(C)/C=N\c1nc2c(ncn2C2C[C@H]3CCC(O)C3O2)c(=O)[nH]1. The van der Waals surface area contributed by atoms with Gasteiger partial charge in [-0.1, -0.05) is 0 Å². The molecule has 24 heavy (non-hydrogen) atoms. The Hall–Kier alpha value is -2.26. The average Bonchev–Trinajstić information content (AvgIpc) is 3.21. The number of rotatable bonds is 3. The number of hydrogen-bond donors (Lipinski definition) is 2. The zero-order chi connectivity index (χ0) is 16.8. The number of aliphatic hydroxyl groups excluding tert-OH is 1. The Kier molecular flexibility index (Phi) is 3.61. The van der Waals surface area contributed by atoms with Gasteiger partial charge in [0.05, 0.1) is 24.9 Å². The first-order valence-electron chi connectivity index (χ1n) is 8.04. The van der Waals surface area contributed by atoms with Gasteiger partial charge in [-0.2, -0.15) is 4.98 Å². The first kappa shape index (κ1) is 15.3. The van der Waals surface area contributed by atoms with Crippen LogP contribution < -0.4 is 5.56 Å². The summed E-state index contributed by atoms with van der Waals surface area (Å²) < 4.78 is 7.77. The van der Waals surface area contributed by atoms with Crippen LogP contribution in [0.1, 0.15) is 25.5 Å². The molecule has 2 N–H and O–H groups in total. The maximum atomic E-state index is 12.2. The summed E-state index contributed by atoms with van der Waals surface area (Å²) in [5.41, 5.74) is 0.381. The fourth-order valence-electron chi connectivity index (χ4n) is 3.51. The Balaban J connectivity index is 1.70. The number of nitrogens with one attached hydrogen (secondary N) is 1. The molecular formula is C15H20N6O3. The van der Waals surface area contributed by atoms with Crippen LogP contribution in [0.5, 0.6) is 0 Å². The molecule has 4 rings (SSSR count). The van der Waals surface area contributed by atoms with E-state index in [9.17, 15) is 9.90 Å². The Morgan fingerprint density at radius 1 is 1.50 bits per heavy atom. The van der Waals surface area contributed by atoms with Gasteiger partial charge in [-0.05, 0) is 25.2 Å². The van der Waals surface area contributed by atoms with E-state index >= 15 is 0 Å². The lowest BCUT2D eigenvalue weighted by Gasteiger charge is -2.16. The number of fused-ring (bicyclic) bond motifs is 2. The number of hydrogen-bond acceptors (Lipinski definition) is 6. The predicted molar refractivity (Wildman–Crippen MR) is 87.2 cm³/mol. The van der Waals surface area contributed by atoms with Gasteiger partial charge < -0.3 is 14.7 Å². The van der Waals surface area contributed by atoms with Crippen LogP contribution in [0, 0.1) is 5.92 Å². The van der Waals surface area contributed by atoms with E-state index in [1.807, 2.05) is 14.1 Å². The number of ether oxygens (including phenoxy) is 1. The highest BCUT2D eigenvalue weighted by atomic mass is 16.5. The first-order chi connectivity index (χ1) is 11.5. The van der Waals surface area contributed by atoms with Crippen molar-refractivity contribution in [3.63, 3.8) is 0 Å². The van der Waals surface area contributed by atoms with Crippen LogP contribution >= 0.6 is 0 Å². The van der Waals surface area contributed by atoms with Crippen molar-refractivity contribution < 1.29 is 9.84 Å². The van der Waals surface area contributed by atoms with E-state index in [0.29, 0.717) is 11.6 Å². The third kappa shape index (κ3) is 2.49. The standard InChI is InChI=1S/C15H20N6O3/c1-20(2)6-17-15-18-13-11(14(23)19-15)16-7-21(13)10-5-8-3-4-9(22)12(8)24-10/h6-10,12,22H,3-5H2,1-2H3,(H,18,19,23)/b17-6-/t8-,9?,10?,12?/m1/s1. The summed E-state index contributed by atoms with van der Waals surface area (Å²) in [5, 5.41) is 9.99. The quantitative estimate of drug-likeness (QED) is 0.622. The zero-order valence-corrected chi connectivity index (χ0v) is 13.6. The molecule has 2 fully saturated rings. The average molecular weight is 332 g/mol. The van der Waals surface area contributed by atoms with Crippen molar-refractivity contribution in [2.45, 2.75) is 37.7 Å². The highest BCUT2D eigenvalue weighted by molar-refractivity contribution is 5.71. The summed E-state index contributed by atoms with van der Waals surface area (Å²) in [6.07, 6.45) is 4.86. The van der Waals surface area contributed by atoms with Crippen LogP contribution in [0.15, 0.2) is 16.1 Å². The largest absolute Gasteiger partial charge is 0.390 e. The van der Waals surface area contributed by atoms with E-state index in [2.05, 4.69) is 19.9 Å². The molecule has 3 unspecified atom stereocenters. The number of H-pyrrole nitrogens is 1. The molecule has 0 aromatic carbocycles. The van der Waals surface area contributed by atoms with Crippen LogP contribution in [0.3, 0.4) is 0 Å². The number of nitrogens with zero attached hydrogens (tertiary/aromatic N) is 5. The van der Waals surface area contributed by atoms with Gasteiger partial charge in [-0.15, -0.1) is 0 Å². The second kappa shape index (κ2) is 5.67. The van der Waals surface area contributed by atoms with E-state index < -0.39 is 6.10 Å². The van der Waals surface area contributed by atoms with Crippen molar-refractivity contribution in [3.05, 3.63) is 16.7 Å². The first-order valence-corrected chi connectivity index (χ1v) is 8.04. The van der Waals surface area contributed by atoms with Crippen LogP contribution in [0.2, 0.25) is 0 Å². The molecule has 0 bridgehead atoms. The monoisotopic (exact) mass is 332 g/mol. The minimum Gasteiger partial charge on any atom is -0.390 e. The third-order valence-corrected chi connectivity index (χ3v) is 4.64. The van der Waals surface area contributed by atoms with E-state index in [1.54, 1.807) is 22.1 Å². The summed E-state index contributed by atoms with van der Waals surface area (Å²) in [4.78, 5) is 29.3. The second-order valence-corrected chi connectivity index (χ2v) is 6.62. The molecule has 3 heterocycles. The molecule has 9 heteroatoms. The summed E-state index contributed by atoms with van der Waals surface area (Å²) in [6, 6.07) is 0. The molecule has 4 atom stereocenters. The molecule has 2 aliphatic rings. The molecule has 0 spiro atoms. The lowest BCUT2D eigenvalue weighted by atomic mass is 10.0. The Morgan fingerprint density at radius 3 is 3.08 bits per heavy atom. The van der Waals surface area contributed by atoms with Gasteiger partial charge >= 0.3 is 0 Å². The van der Waals surface area contributed by atoms with Gasteiger partial charge in [0.1, 0.15) is 6.23 Å². The van der Waals surface area contributed by atoms with Crippen LogP contribution in [-0.2, 0) is 4.74 Å². The van der Waals surface area contributed by atoms with E-state index in [4.69, 9.17) is 4.74 Å². The fourth-order valence-corrected chi connectivity index (χ4v) is 3.51. The molecule has 0 amide bonds. The molecular weight excluding hydrogens is 312 g/mol. The molecule has 1 saturated carbocycles. The van der Waals surface area contributed by atoms with E-state index in [-0.39, 0.29) is 29.4 Å². The van der Waals surface area contributed by atoms with Crippen molar-refractivity contribution in [2.75, 3.05) is 14.1 Å². The number of aliphatic imine (C=N–C) groups is 1. The van der Waals surface area contributed by atoms with Gasteiger partial charge in [0.25, 0.3) is 5.56 Å². The molecule has 9 nitrogen and oxygen atoms in total. The number of imidazole rings is 1. The predicted octanol–water partition coefficient (Wildman–Crippen LogP) is 0.399. The van der Waals surface area contributed by atoms with Gasteiger partial charge in [-0.25, -0.2) is 9.98 Å². The van der Waals surface area contributed by atoms with Crippen molar-refractivity contribution in [3.8, 4) is 0 Å². The molecule has 0 radical (unpaired) electrons. The summed E-state index contributed by atoms with van der Waals surface area (Å²) in [6.45, 7) is 0. The zero-order valence-electron chi connectivity index (χ0n) is 13.6. The summed E-state index contributed by atoms with van der Waals surface area (Å²) >= 11 is 0. The van der Waals surface area contributed by atoms with E-state index in [1.165, 1.54) is 0 Å².